The number of rotatable bonds is 4. The van der Waals surface area contributed by atoms with Gasteiger partial charge >= 0.3 is 6.09 Å². The van der Waals surface area contributed by atoms with E-state index in [1.165, 1.54) is 16.8 Å². The predicted octanol–water partition coefficient (Wildman–Crippen LogP) is 4.14. The minimum absolute atomic E-state index is 0.291. The molecule has 1 fully saturated rings. The molecule has 0 saturated carbocycles. The summed E-state index contributed by atoms with van der Waals surface area (Å²) in [7, 11) is 0. The Bertz CT molecular complexity index is 1400. The largest absolute Gasteiger partial charge is 0.450 e. The Kier molecular flexibility index (Phi) is 6.12. The summed E-state index contributed by atoms with van der Waals surface area (Å²) in [5.74, 6) is 0.349. The molecule has 3 heterocycles. The number of halogens is 2. The van der Waals surface area contributed by atoms with Gasteiger partial charge < -0.3 is 20.3 Å². The van der Waals surface area contributed by atoms with E-state index >= 15 is 0 Å². The van der Waals surface area contributed by atoms with Crippen molar-refractivity contribution in [3.63, 3.8) is 0 Å². The maximum Gasteiger partial charge on any atom is 0.409 e. The molecule has 5 rings (SSSR count). The van der Waals surface area contributed by atoms with E-state index in [4.69, 9.17) is 27.1 Å². The molecule has 1 amide bonds. The Labute approximate surface area is 205 Å². The number of fused-ring (bicyclic) bond motifs is 1. The lowest BCUT2D eigenvalue weighted by molar-refractivity contribution is 0.105. The quantitative estimate of drug-likeness (QED) is 0.454. The van der Waals surface area contributed by atoms with Crippen LogP contribution in [0.25, 0.3) is 28.0 Å². The molecule has 1 saturated heterocycles. The Morgan fingerprint density at radius 2 is 1.89 bits per heavy atom. The van der Waals surface area contributed by atoms with Gasteiger partial charge in [-0.05, 0) is 37.3 Å². The normalized spacial score (nSPS) is 13.9. The average molecular weight is 496 g/mol. The van der Waals surface area contributed by atoms with E-state index in [-0.39, 0.29) is 6.09 Å². The van der Waals surface area contributed by atoms with Crippen molar-refractivity contribution >= 4 is 40.5 Å². The zero-order chi connectivity index (χ0) is 24.5. The molecule has 2 N–H and O–H groups in total. The first kappa shape index (κ1) is 22.9. The zero-order valence-corrected chi connectivity index (χ0v) is 19.7. The third kappa shape index (κ3) is 4.44. The number of anilines is 2. The highest BCUT2D eigenvalue weighted by atomic mass is 35.5. The summed E-state index contributed by atoms with van der Waals surface area (Å²) in [6.07, 6.45) is -0.329. The first-order valence-corrected chi connectivity index (χ1v) is 11.6. The standard InChI is InChI=1S/C24H23ClFN7O2/c1-2-35-24(34)32-11-9-31(10-12-32)23-28-20(15-5-3-6-16(25)13-15)19-21(27)33(30-22(19)29-23)18-8-4-7-17(26)14-18/h3-8,13-14H,2,9-12,27H2,1H3. The summed E-state index contributed by atoms with van der Waals surface area (Å²) in [4.78, 5) is 25.2. The second-order valence-corrected chi connectivity index (χ2v) is 8.47. The number of piperazine rings is 1. The van der Waals surface area contributed by atoms with Crippen LogP contribution >= 0.6 is 11.6 Å². The van der Waals surface area contributed by atoms with Crippen molar-refractivity contribution < 1.29 is 13.9 Å². The van der Waals surface area contributed by atoms with Gasteiger partial charge in [-0.3, -0.25) is 0 Å². The molecule has 0 atom stereocenters. The van der Waals surface area contributed by atoms with E-state index < -0.39 is 5.82 Å². The minimum Gasteiger partial charge on any atom is -0.450 e. The number of hydrogen-bond donors (Lipinski definition) is 1. The highest BCUT2D eigenvalue weighted by Gasteiger charge is 2.26. The number of ether oxygens (including phenoxy) is 1. The molecule has 1 aliphatic heterocycles. The molecule has 0 unspecified atom stereocenters. The van der Waals surface area contributed by atoms with Crippen LogP contribution in [-0.2, 0) is 4.74 Å². The number of carbonyl (C=O) groups is 1. The number of carbonyl (C=O) groups excluding carboxylic acids is 1. The topological polar surface area (TPSA) is 102 Å². The number of nitrogen functional groups attached to an aromatic ring is 1. The Morgan fingerprint density at radius 1 is 1.11 bits per heavy atom. The Hall–Kier alpha value is -3.92. The molecule has 35 heavy (non-hydrogen) atoms. The number of aromatic nitrogens is 4. The van der Waals surface area contributed by atoms with Crippen molar-refractivity contribution in [2.75, 3.05) is 43.4 Å². The summed E-state index contributed by atoms with van der Waals surface area (Å²) in [5, 5.41) is 5.68. The van der Waals surface area contributed by atoms with Crippen molar-refractivity contribution in [2.24, 2.45) is 0 Å². The fourth-order valence-electron chi connectivity index (χ4n) is 4.09. The van der Waals surface area contributed by atoms with E-state index in [9.17, 15) is 9.18 Å². The molecule has 1 aliphatic rings. The first-order chi connectivity index (χ1) is 16.9. The van der Waals surface area contributed by atoms with Gasteiger partial charge in [0, 0.05) is 36.8 Å². The molecule has 0 radical (unpaired) electrons. The SMILES string of the molecule is CCOC(=O)N1CCN(c2nc(-c3cccc(Cl)c3)c3c(N)n(-c4cccc(F)c4)nc3n2)CC1. The molecule has 2 aromatic carbocycles. The summed E-state index contributed by atoms with van der Waals surface area (Å²) < 4.78 is 20.5. The summed E-state index contributed by atoms with van der Waals surface area (Å²) in [6, 6.07) is 13.3. The van der Waals surface area contributed by atoms with E-state index in [0.717, 1.165) is 5.56 Å². The maximum atomic E-state index is 13.9. The molecule has 2 aromatic heterocycles. The van der Waals surface area contributed by atoms with Gasteiger partial charge in [-0.2, -0.15) is 4.98 Å². The van der Waals surface area contributed by atoms with Crippen LogP contribution in [0.1, 0.15) is 6.92 Å². The highest BCUT2D eigenvalue weighted by molar-refractivity contribution is 6.30. The molecule has 11 heteroatoms. The number of nitrogens with zero attached hydrogens (tertiary/aromatic N) is 6. The smallest absolute Gasteiger partial charge is 0.409 e. The summed E-state index contributed by atoms with van der Waals surface area (Å²) >= 11 is 6.27. The fourth-order valence-corrected chi connectivity index (χ4v) is 4.28. The molecular weight excluding hydrogens is 473 g/mol. The monoisotopic (exact) mass is 495 g/mol. The molecule has 0 aliphatic carbocycles. The molecule has 9 nitrogen and oxygen atoms in total. The van der Waals surface area contributed by atoms with Crippen molar-refractivity contribution in [3.8, 4) is 16.9 Å². The van der Waals surface area contributed by atoms with Crippen molar-refractivity contribution in [2.45, 2.75) is 6.92 Å². The average Bonchev–Trinajstić information content (AvgIpc) is 3.20. The summed E-state index contributed by atoms with van der Waals surface area (Å²) in [6.45, 7) is 4.12. The van der Waals surface area contributed by atoms with Crippen LogP contribution in [-0.4, -0.2) is 63.5 Å². The van der Waals surface area contributed by atoms with Gasteiger partial charge in [0.25, 0.3) is 0 Å². The maximum absolute atomic E-state index is 13.9. The van der Waals surface area contributed by atoms with E-state index in [1.54, 1.807) is 36.1 Å². The van der Waals surface area contributed by atoms with Crippen molar-refractivity contribution in [3.05, 3.63) is 59.4 Å². The van der Waals surface area contributed by atoms with Gasteiger partial charge in [0.15, 0.2) is 5.65 Å². The lowest BCUT2D eigenvalue weighted by Gasteiger charge is -2.34. The summed E-state index contributed by atoms with van der Waals surface area (Å²) in [5.41, 5.74) is 8.67. The van der Waals surface area contributed by atoms with Crippen LogP contribution < -0.4 is 10.6 Å². The molecule has 180 valence electrons. The van der Waals surface area contributed by atoms with Gasteiger partial charge in [0.2, 0.25) is 5.95 Å². The lowest BCUT2D eigenvalue weighted by atomic mass is 10.1. The second-order valence-electron chi connectivity index (χ2n) is 8.03. The number of amides is 1. The van der Waals surface area contributed by atoms with Crippen molar-refractivity contribution in [1.29, 1.82) is 0 Å². The highest BCUT2D eigenvalue weighted by Crippen LogP contribution is 2.34. The van der Waals surface area contributed by atoms with Crippen LogP contribution in [0.2, 0.25) is 5.02 Å². The van der Waals surface area contributed by atoms with E-state index in [1.807, 2.05) is 17.0 Å². The fraction of sp³-hybridized carbons (Fsp3) is 0.250. The zero-order valence-electron chi connectivity index (χ0n) is 19.0. The van der Waals surface area contributed by atoms with Crippen molar-refractivity contribution in [1.82, 2.24) is 24.6 Å². The Balaban J connectivity index is 1.59. The molecule has 0 bridgehead atoms. The van der Waals surface area contributed by atoms with Crippen LogP contribution in [0.5, 0.6) is 0 Å². The van der Waals surface area contributed by atoms with Crippen LogP contribution in [0, 0.1) is 5.82 Å². The van der Waals surface area contributed by atoms with E-state index in [0.29, 0.717) is 72.0 Å². The van der Waals surface area contributed by atoms with Crippen LogP contribution in [0.15, 0.2) is 48.5 Å². The molecule has 4 aromatic rings. The van der Waals surface area contributed by atoms with Gasteiger partial charge in [0.1, 0.15) is 11.6 Å². The van der Waals surface area contributed by atoms with Crippen LogP contribution in [0.4, 0.5) is 21.0 Å². The van der Waals surface area contributed by atoms with Crippen LogP contribution in [0.3, 0.4) is 0 Å². The van der Waals surface area contributed by atoms with Gasteiger partial charge in [0.05, 0.1) is 23.4 Å². The predicted molar refractivity (Wildman–Crippen MR) is 132 cm³/mol. The molecule has 0 spiro atoms. The molecular formula is C24H23ClFN7O2. The van der Waals surface area contributed by atoms with Gasteiger partial charge in [-0.25, -0.2) is 18.9 Å². The number of nitrogens with two attached hydrogens (primary N) is 1. The number of benzene rings is 2. The van der Waals surface area contributed by atoms with Gasteiger partial charge in [-0.1, -0.05) is 29.8 Å². The first-order valence-electron chi connectivity index (χ1n) is 11.2. The third-order valence-corrected chi connectivity index (χ3v) is 6.03. The number of hydrogen-bond acceptors (Lipinski definition) is 7. The second kappa shape index (κ2) is 9.38. The lowest BCUT2D eigenvalue weighted by Crippen LogP contribution is -2.49. The van der Waals surface area contributed by atoms with Gasteiger partial charge in [-0.15, -0.1) is 5.10 Å². The Morgan fingerprint density at radius 3 is 2.60 bits per heavy atom. The third-order valence-electron chi connectivity index (χ3n) is 5.80. The van der Waals surface area contributed by atoms with E-state index in [2.05, 4.69) is 10.1 Å². The minimum atomic E-state index is -0.400.